The molecule has 0 aromatic heterocycles. The number of nitrogens with zero attached hydrogens (tertiary/aromatic N) is 1. The number of likely N-dealkylation sites (N-methyl/N-ethyl adjacent to an activating group) is 1. The Morgan fingerprint density at radius 3 is 2.62 bits per heavy atom. The average Bonchev–Trinajstić information content (AvgIpc) is 2.22. The van der Waals surface area contributed by atoms with Gasteiger partial charge in [0, 0.05) is 23.6 Å². The smallest absolute Gasteiger partial charge is 0.0548 e. The molecule has 0 bridgehead atoms. The van der Waals surface area contributed by atoms with Gasteiger partial charge in [0.25, 0.3) is 0 Å². The van der Waals surface area contributed by atoms with Crippen LogP contribution in [0.2, 0.25) is 5.02 Å². The zero-order chi connectivity index (χ0) is 11.4. The van der Waals surface area contributed by atoms with Crippen LogP contribution >= 0.6 is 39.9 Å². The quantitative estimate of drug-likeness (QED) is 0.919. The molecule has 92 valence electrons. The maximum Gasteiger partial charge on any atom is 0.0548 e. The summed E-state index contributed by atoms with van der Waals surface area (Å²) in [5.41, 5.74) is 6.84. The number of nitrogens with two attached hydrogens (primary N) is 1. The second-order valence-electron chi connectivity index (χ2n) is 3.75. The molecular weight excluding hydrogens is 311 g/mol. The predicted octanol–water partition coefficient (Wildman–Crippen LogP) is 3.30. The van der Waals surface area contributed by atoms with E-state index in [4.69, 9.17) is 17.3 Å². The van der Waals surface area contributed by atoms with Crippen LogP contribution in [0.4, 0.5) is 0 Å². The maximum absolute atomic E-state index is 5.93. The molecular formula is C11H17BrCl2N2. The van der Waals surface area contributed by atoms with E-state index in [2.05, 4.69) is 34.8 Å². The van der Waals surface area contributed by atoms with Crippen molar-refractivity contribution >= 4 is 39.9 Å². The predicted molar refractivity (Wildman–Crippen MR) is 76.4 cm³/mol. The van der Waals surface area contributed by atoms with Gasteiger partial charge in [0.05, 0.1) is 5.02 Å². The largest absolute Gasteiger partial charge is 0.329 e. The third-order valence-electron chi connectivity index (χ3n) is 2.51. The van der Waals surface area contributed by atoms with E-state index in [0.717, 1.165) is 16.0 Å². The fraction of sp³-hybridized carbons (Fsp3) is 0.455. The number of rotatable bonds is 4. The van der Waals surface area contributed by atoms with Crippen LogP contribution < -0.4 is 5.73 Å². The van der Waals surface area contributed by atoms with Crippen LogP contribution in [-0.2, 0) is 6.54 Å². The van der Waals surface area contributed by atoms with Crippen molar-refractivity contribution in [2.45, 2.75) is 19.5 Å². The average molecular weight is 328 g/mol. The van der Waals surface area contributed by atoms with Crippen LogP contribution in [0.15, 0.2) is 22.7 Å². The lowest BCUT2D eigenvalue weighted by atomic mass is 10.2. The number of hydrogen-bond acceptors (Lipinski definition) is 2. The Kier molecular flexibility index (Phi) is 7.61. The first-order chi connectivity index (χ1) is 7.04. The first-order valence-electron chi connectivity index (χ1n) is 4.89. The lowest BCUT2D eigenvalue weighted by molar-refractivity contribution is 0.255. The molecule has 0 heterocycles. The summed E-state index contributed by atoms with van der Waals surface area (Å²) in [4.78, 5) is 2.22. The highest BCUT2D eigenvalue weighted by Gasteiger charge is 2.08. The molecule has 0 fully saturated rings. The summed E-state index contributed by atoms with van der Waals surface area (Å²) in [7, 11) is 2.07. The number of halogens is 3. The van der Waals surface area contributed by atoms with Gasteiger partial charge in [0.1, 0.15) is 0 Å². The van der Waals surface area contributed by atoms with Gasteiger partial charge >= 0.3 is 0 Å². The maximum atomic E-state index is 5.93. The molecule has 0 radical (unpaired) electrons. The van der Waals surface area contributed by atoms with Gasteiger partial charge in [-0.1, -0.05) is 17.7 Å². The fourth-order valence-electron chi connectivity index (χ4n) is 1.26. The Labute approximate surface area is 117 Å². The van der Waals surface area contributed by atoms with Crippen molar-refractivity contribution in [2.24, 2.45) is 5.73 Å². The summed E-state index contributed by atoms with van der Waals surface area (Å²) in [5, 5.41) is 0.744. The molecule has 0 saturated heterocycles. The van der Waals surface area contributed by atoms with Gasteiger partial charge in [0.2, 0.25) is 0 Å². The molecule has 0 amide bonds. The third-order valence-corrected chi connectivity index (χ3v) is 3.72. The van der Waals surface area contributed by atoms with Crippen LogP contribution in [0.25, 0.3) is 0 Å². The molecule has 16 heavy (non-hydrogen) atoms. The van der Waals surface area contributed by atoms with Crippen molar-refractivity contribution in [3.8, 4) is 0 Å². The molecule has 0 aliphatic heterocycles. The number of hydrogen-bond donors (Lipinski definition) is 1. The molecule has 1 unspecified atom stereocenters. The summed E-state index contributed by atoms with van der Waals surface area (Å²) in [5.74, 6) is 0. The van der Waals surface area contributed by atoms with Gasteiger partial charge in [-0.3, -0.25) is 4.90 Å². The topological polar surface area (TPSA) is 29.3 Å². The molecule has 2 nitrogen and oxygen atoms in total. The Bertz CT molecular complexity index is 334. The highest BCUT2D eigenvalue weighted by atomic mass is 79.9. The van der Waals surface area contributed by atoms with E-state index >= 15 is 0 Å². The van der Waals surface area contributed by atoms with Crippen LogP contribution in [0, 0.1) is 0 Å². The van der Waals surface area contributed by atoms with Crippen molar-refractivity contribution in [1.29, 1.82) is 0 Å². The first kappa shape index (κ1) is 16.2. The second-order valence-corrected chi connectivity index (χ2v) is 5.01. The summed E-state index contributed by atoms with van der Waals surface area (Å²) in [6.07, 6.45) is 0. The van der Waals surface area contributed by atoms with E-state index in [0.29, 0.717) is 12.6 Å². The Hall–Kier alpha value is 0.200. The minimum absolute atomic E-state index is 0. The SMILES string of the molecule is CC(CN)N(C)Cc1ccc(Cl)c(Br)c1.Cl. The van der Waals surface area contributed by atoms with Crippen LogP contribution in [0.5, 0.6) is 0 Å². The summed E-state index contributed by atoms with van der Waals surface area (Å²) < 4.78 is 0.940. The lowest BCUT2D eigenvalue weighted by Crippen LogP contribution is -2.34. The van der Waals surface area contributed by atoms with Gasteiger partial charge in [-0.15, -0.1) is 12.4 Å². The zero-order valence-corrected chi connectivity index (χ0v) is 12.6. The van der Waals surface area contributed by atoms with Crippen LogP contribution in [0.1, 0.15) is 12.5 Å². The van der Waals surface area contributed by atoms with Gasteiger partial charge in [0.15, 0.2) is 0 Å². The zero-order valence-electron chi connectivity index (χ0n) is 9.41. The molecule has 0 spiro atoms. The second kappa shape index (κ2) is 7.51. The molecule has 2 N–H and O–H groups in total. The Morgan fingerprint density at radius 1 is 1.50 bits per heavy atom. The summed E-state index contributed by atoms with van der Waals surface area (Å²) in [6.45, 7) is 3.67. The van der Waals surface area contributed by atoms with E-state index in [1.165, 1.54) is 5.56 Å². The van der Waals surface area contributed by atoms with Crippen molar-refractivity contribution in [2.75, 3.05) is 13.6 Å². The third kappa shape index (κ3) is 4.60. The highest BCUT2D eigenvalue weighted by Crippen LogP contribution is 2.23. The van der Waals surface area contributed by atoms with E-state index in [1.54, 1.807) is 0 Å². The molecule has 0 aliphatic rings. The minimum Gasteiger partial charge on any atom is -0.329 e. The van der Waals surface area contributed by atoms with Crippen molar-refractivity contribution in [3.63, 3.8) is 0 Å². The molecule has 1 rings (SSSR count). The molecule has 0 aliphatic carbocycles. The highest BCUT2D eigenvalue weighted by molar-refractivity contribution is 9.10. The molecule has 0 saturated carbocycles. The Morgan fingerprint density at radius 2 is 2.12 bits per heavy atom. The minimum atomic E-state index is 0. The molecule has 1 atom stereocenters. The molecule has 1 aromatic carbocycles. The van der Waals surface area contributed by atoms with Crippen molar-refractivity contribution in [3.05, 3.63) is 33.3 Å². The van der Waals surface area contributed by atoms with Gasteiger partial charge in [-0.05, 0) is 47.6 Å². The van der Waals surface area contributed by atoms with E-state index < -0.39 is 0 Å². The van der Waals surface area contributed by atoms with E-state index in [9.17, 15) is 0 Å². The number of benzene rings is 1. The summed E-state index contributed by atoms with van der Waals surface area (Å²) >= 11 is 9.34. The standard InChI is InChI=1S/C11H16BrClN2.ClH/c1-8(6-14)15(2)7-9-3-4-11(13)10(12)5-9;/h3-5,8H,6-7,14H2,1-2H3;1H. The van der Waals surface area contributed by atoms with Gasteiger partial charge in [-0.2, -0.15) is 0 Å². The Balaban J connectivity index is 0.00000225. The normalized spacial score (nSPS) is 12.4. The first-order valence-corrected chi connectivity index (χ1v) is 6.06. The van der Waals surface area contributed by atoms with Gasteiger partial charge in [-0.25, -0.2) is 0 Å². The van der Waals surface area contributed by atoms with Crippen LogP contribution in [0.3, 0.4) is 0 Å². The van der Waals surface area contributed by atoms with Crippen molar-refractivity contribution in [1.82, 2.24) is 4.90 Å². The van der Waals surface area contributed by atoms with Crippen molar-refractivity contribution < 1.29 is 0 Å². The summed E-state index contributed by atoms with van der Waals surface area (Å²) in [6, 6.07) is 6.37. The van der Waals surface area contributed by atoms with Crippen LogP contribution in [-0.4, -0.2) is 24.5 Å². The fourth-order valence-corrected chi connectivity index (χ4v) is 1.81. The van der Waals surface area contributed by atoms with Gasteiger partial charge < -0.3 is 5.73 Å². The molecule has 1 aromatic rings. The molecule has 5 heteroatoms. The van der Waals surface area contributed by atoms with E-state index in [1.807, 2.05) is 18.2 Å². The van der Waals surface area contributed by atoms with E-state index in [-0.39, 0.29) is 12.4 Å². The monoisotopic (exact) mass is 326 g/mol. The lowest BCUT2D eigenvalue weighted by Gasteiger charge is -2.23.